The molecule has 0 bridgehead atoms. The highest BCUT2D eigenvalue weighted by Crippen LogP contribution is 2.47. The van der Waals surface area contributed by atoms with E-state index in [0.717, 1.165) is 79.9 Å². The van der Waals surface area contributed by atoms with E-state index < -0.39 is 6.17 Å². The van der Waals surface area contributed by atoms with E-state index in [-0.39, 0.29) is 12.3 Å². The second-order valence-electron chi connectivity index (χ2n) is 12.5. The number of aromatic nitrogens is 5. The summed E-state index contributed by atoms with van der Waals surface area (Å²) in [5, 5.41) is 8.97. The van der Waals surface area contributed by atoms with Gasteiger partial charge in [-0.15, -0.1) is 11.3 Å². The maximum atomic E-state index is 13.2. The van der Waals surface area contributed by atoms with Crippen LogP contribution in [0.2, 0.25) is 0 Å². The molecule has 3 atom stereocenters. The molecule has 1 saturated heterocycles. The number of aromatic amines is 2. The van der Waals surface area contributed by atoms with Crippen LogP contribution in [0.15, 0.2) is 85.2 Å². The molecule has 0 aliphatic carbocycles. The van der Waals surface area contributed by atoms with E-state index in [1.165, 1.54) is 16.5 Å². The number of nitrogens with one attached hydrogen (secondary N) is 4. The molecule has 1 fully saturated rings. The molecule has 4 aromatic heterocycles. The average molecular weight is 644 g/mol. The molecule has 8 nitrogen and oxygen atoms in total. The normalized spacial score (nSPS) is 18.0. The van der Waals surface area contributed by atoms with E-state index in [2.05, 4.69) is 103 Å². The lowest BCUT2D eigenvalue weighted by Gasteiger charge is -2.29. The minimum Gasteiger partial charge on any atom is -0.464 e. The lowest BCUT2D eigenvalue weighted by Crippen LogP contribution is -2.21. The highest BCUT2D eigenvalue weighted by Gasteiger charge is 2.31. The van der Waals surface area contributed by atoms with Crippen molar-refractivity contribution in [1.29, 1.82) is 0 Å². The van der Waals surface area contributed by atoms with Crippen LogP contribution in [0.1, 0.15) is 48.6 Å². The molecule has 9 rings (SSSR count). The summed E-state index contributed by atoms with van der Waals surface area (Å²) in [4.78, 5) is 17.3. The third kappa shape index (κ3) is 5.13. The Kier molecular flexibility index (Phi) is 6.95. The van der Waals surface area contributed by atoms with Crippen LogP contribution in [0.25, 0.3) is 54.8 Å². The van der Waals surface area contributed by atoms with E-state index in [4.69, 9.17) is 9.72 Å². The van der Waals surface area contributed by atoms with Gasteiger partial charge >= 0.3 is 0 Å². The van der Waals surface area contributed by atoms with Crippen LogP contribution in [-0.4, -0.2) is 43.8 Å². The Morgan fingerprint density at radius 3 is 2.70 bits per heavy atom. The van der Waals surface area contributed by atoms with Crippen molar-refractivity contribution in [2.45, 2.75) is 44.8 Å². The van der Waals surface area contributed by atoms with E-state index in [9.17, 15) is 4.39 Å². The number of hydrogen-bond donors (Lipinski definition) is 4. The number of nitrogens with zero attached hydrogens (tertiary/aromatic N) is 3. The van der Waals surface area contributed by atoms with Crippen LogP contribution in [0.4, 0.5) is 4.39 Å². The Labute approximate surface area is 275 Å². The molecule has 47 heavy (non-hydrogen) atoms. The fourth-order valence-corrected chi connectivity index (χ4v) is 8.00. The number of hydrogen-bond acceptors (Lipinski definition) is 6. The first kappa shape index (κ1) is 28.5. The third-order valence-corrected chi connectivity index (χ3v) is 10.4. The third-order valence-electron chi connectivity index (χ3n) is 9.21. The summed E-state index contributed by atoms with van der Waals surface area (Å²) in [6, 6.07) is 26.3. The van der Waals surface area contributed by atoms with E-state index in [1.54, 1.807) is 18.3 Å². The van der Waals surface area contributed by atoms with Crippen molar-refractivity contribution in [1.82, 2.24) is 35.1 Å². The molecule has 10 heteroatoms. The number of halogens is 1. The lowest BCUT2D eigenvalue weighted by molar-refractivity contribution is 0.177. The predicted octanol–water partition coefficient (Wildman–Crippen LogP) is 8.11. The Bertz CT molecular complexity index is 2200. The van der Waals surface area contributed by atoms with Gasteiger partial charge in [0.1, 0.15) is 23.6 Å². The lowest BCUT2D eigenvalue weighted by atomic mass is 10.0. The van der Waals surface area contributed by atoms with Gasteiger partial charge in [0.25, 0.3) is 0 Å². The van der Waals surface area contributed by atoms with E-state index >= 15 is 0 Å². The van der Waals surface area contributed by atoms with Crippen molar-refractivity contribution in [3.05, 3.63) is 102 Å². The number of benzene rings is 3. The number of imidazole rings is 2. The predicted molar refractivity (Wildman–Crippen MR) is 185 cm³/mol. The highest BCUT2D eigenvalue weighted by molar-refractivity contribution is 7.19. The second kappa shape index (κ2) is 11.5. The second-order valence-corrected chi connectivity index (χ2v) is 13.6. The number of thiophene rings is 1. The summed E-state index contributed by atoms with van der Waals surface area (Å²) in [6.07, 6.45) is 4.82. The summed E-state index contributed by atoms with van der Waals surface area (Å²) in [5.74, 6) is 2.62. The molecule has 0 amide bonds. The zero-order valence-electron chi connectivity index (χ0n) is 25.9. The highest BCUT2D eigenvalue weighted by atomic mass is 32.1. The van der Waals surface area contributed by atoms with E-state index in [0.29, 0.717) is 13.1 Å². The Balaban J connectivity index is 1.12. The van der Waals surface area contributed by atoms with Crippen LogP contribution < -0.4 is 15.4 Å². The fourth-order valence-electron chi connectivity index (χ4n) is 6.91. The first-order valence-corrected chi connectivity index (χ1v) is 17.0. The zero-order chi connectivity index (χ0) is 31.5. The molecule has 2 aliphatic rings. The number of alkyl halides is 1. The summed E-state index contributed by atoms with van der Waals surface area (Å²) < 4.78 is 23.8. The van der Waals surface area contributed by atoms with Crippen molar-refractivity contribution in [2.75, 3.05) is 13.1 Å². The molecule has 236 valence electrons. The smallest absolute Gasteiger partial charge is 0.212 e. The minimum absolute atomic E-state index is 0.283. The Morgan fingerprint density at radius 1 is 0.979 bits per heavy atom. The molecule has 3 unspecified atom stereocenters. The van der Waals surface area contributed by atoms with Crippen molar-refractivity contribution >= 4 is 32.3 Å². The molecule has 0 spiro atoms. The maximum absolute atomic E-state index is 13.2. The molecule has 0 radical (unpaired) electrons. The van der Waals surface area contributed by atoms with Gasteiger partial charge < -0.3 is 25.3 Å². The molecular weight excluding hydrogens is 610 g/mol. The quantitative estimate of drug-likeness (QED) is 0.134. The van der Waals surface area contributed by atoms with Gasteiger partial charge in [0.15, 0.2) is 0 Å². The van der Waals surface area contributed by atoms with Crippen LogP contribution in [0.5, 0.6) is 5.75 Å². The number of H-pyrrole nitrogens is 2. The van der Waals surface area contributed by atoms with E-state index in [1.807, 2.05) is 12.4 Å². The van der Waals surface area contributed by atoms with Crippen LogP contribution >= 0.6 is 11.3 Å². The standard InChI is InChI=1S/C37H34FN7OS/c1-21(38)17-39-20-35-41-18-28(43-35)22-9-11-30-25(13-22)14-31-26-10-8-23(29-19-42-36(44-29)27-6-4-12-40-27)15-32(26)46-37(45(30)31)34-16-24-5-2-3-7-33(24)47-34/h2-3,5,7-11,13-16,18-19,21,27,37,39-40H,4,6,12,17,20H2,1H3,(H,41,43)(H,42,44). The summed E-state index contributed by atoms with van der Waals surface area (Å²) in [6.45, 7) is 3.36. The first-order chi connectivity index (χ1) is 23.1. The first-order valence-electron chi connectivity index (χ1n) is 16.2. The SMILES string of the molecule is CC(F)CNCc1ncc(-c2ccc3c(c2)cc2n3C(c3cc4ccccc4s3)Oc3cc(-c4cnc(C5CCCN5)[nH]4)ccc3-2)[nH]1. The van der Waals surface area contributed by atoms with Crippen molar-refractivity contribution in [3.8, 4) is 39.5 Å². The fraction of sp³-hybridized carbons (Fsp3) is 0.243. The van der Waals surface area contributed by atoms with Gasteiger partial charge in [-0.25, -0.2) is 14.4 Å². The summed E-state index contributed by atoms with van der Waals surface area (Å²) in [5.41, 5.74) is 7.27. The maximum Gasteiger partial charge on any atom is 0.212 e. The number of ether oxygens (including phenoxy) is 1. The molecular formula is C37H34FN7OS. The topological polar surface area (TPSA) is 95.6 Å². The van der Waals surface area contributed by atoms with Gasteiger partial charge in [0, 0.05) is 33.3 Å². The van der Waals surface area contributed by atoms with Crippen LogP contribution in [0.3, 0.4) is 0 Å². The van der Waals surface area contributed by atoms with Crippen molar-refractivity contribution < 1.29 is 9.13 Å². The summed E-state index contributed by atoms with van der Waals surface area (Å²) in [7, 11) is 0. The van der Waals surface area contributed by atoms with Gasteiger partial charge in [-0.3, -0.25) is 4.57 Å². The minimum atomic E-state index is -0.901. The zero-order valence-corrected chi connectivity index (χ0v) is 26.7. The van der Waals surface area contributed by atoms with Gasteiger partial charge in [0.2, 0.25) is 6.23 Å². The van der Waals surface area contributed by atoms with Gasteiger partial charge in [-0.1, -0.05) is 30.3 Å². The Morgan fingerprint density at radius 2 is 1.83 bits per heavy atom. The monoisotopic (exact) mass is 643 g/mol. The average Bonchev–Trinajstić information content (AvgIpc) is 3.92. The molecule has 3 aromatic carbocycles. The van der Waals surface area contributed by atoms with Gasteiger partial charge in [-0.2, -0.15) is 0 Å². The molecule has 0 saturated carbocycles. The Hall–Kier alpha value is -4.77. The van der Waals surface area contributed by atoms with Crippen LogP contribution in [0, 0.1) is 0 Å². The van der Waals surface area contributed by atoms with Gasteiger partial charge in [-0.05, 0) is 74.2 Å². The largest absolute Gasteiger partial charge is 0.464 e. The summed E-state index contributed by atoms with van der Waals surface area (Å²) >= 11 is 1.77. The van der Waals surface area contributed by atoms with Crippen LogP contribution in [-0.2, 0) is 6.54 Å². The molecule has 6 heterocycles. The molecule has 7 aromatic rings. The van der Waals surface area contributed by atoms with Gasteiger partial charge in [0.05, 0.1) is 52.5 Å². The number of fused-ring (bicyclic) bond motifs is 6. The van der Waals surface area contributed by atoms with Crippen molar-refractivity contribution in [2.24, 2.45) is 0 Å². The number of rotatable bonds is 8. The molecule has 2 aliphatic heterocycles. The van der Waals surface area contributed by atoms with Crippen molar-refractivity contribution in [3.63, 3.8) is 0 Å². The molecule has 4 N–H and O–H groups in total.